The van der Waals surface area contributed by atoms with Gasteiger partial charge in [-0.3, -0.25) is 19.1 Å². The van der Waals surface area contributed by atoms with Crippen molar-refractivity contribution in [2.45, 2.75) is 58.2 Å². The average molecular weight is 356 g/mol. The number of nitrogens with one attached hydrogen (secondary N) is 1. The molecule has 2 aliphatic rings. The van der Waals surface area contributed by atoms with E-state index >= 15 is 0 Å². The van der Waals surface area contributed by atoms with E-state index in [1.807, 2.05) is 29.7 Å². The highest BCUT2D eigenvalue weighted by Gasteiger charge is 2.29. The Bertz CT molecular complexity index is 814. The molecule has 0 spiro atoms. The van der Waals surface area contributed by atoms with Crippen molar-refractivity contribution in [1.82, 2.24) is 29.8 Å². The molecule has 0 atom stereocenters. The minimum atomic E-state index is -0.00633. The van der Waals surface area contributed by atoms with Gasteiger partial charge in [0.1, 0.15) is 0 Å². The molecule has 1 saturated carbocycles. The first-order chi connectivity index (χ1) is 12.5. The Labute approximate surface area is 154 Å². The smallest absolute Gasteiger partial charge is 0.272 e. The van der Waals surface area contributed by atoms with Crippen LogP contribution in [-0.4, -0.2) is 43.0 Å². The van der Waals surface area contributed by atoms with Crippen molar-refractivity contribution in [2.24, 2.45) is 14.1 Å². The van der Waals surface area contributed by atoms with E-state index in [1.165, 1.54) is 29.8 Å². The van der Waals surface area contributed by atoms with Gasteiger partial charge >= 0.3 is 0 Å². The van der Waals surface area contributed by atoms with E-state index in [0.29, 0.717) is 11.7 Å². The molecule has 1 N–H and O–H groups in total. The van der Waals surface area contributed by atoms with Crippen LogP contribution in [0.25, 0.3) is 0 Å². The summed E-state index contributed by atoms with van der Waals surface area (Å²) in [5.74, 6) is -0.00633. The highest BCUT2D eigenvalue weighted by atomic mass is 16.2. The van der Waals surface area contributed by atoms with E-state index < -0.39 is 0 Å². The third kappa shape index (κ3) is 3.16. The number of carbonyl (C=O) groups is 1. The van der Waals surface area contributed by atoms with Crippen LogP contribution in [-0.2, 0) is 33.6 Å². The molecule has 3 heterocycles. The van der Waals surface area contributed by atoms with Gasteiger partial charge in [-0.15, -0.1) is 0 Å². The summed E-state index contributed by atoms with van der Waals surface area (Å²) < 4.78 is 3.81. The topological polar surface area (TPSA) is 68.0 Å². The molecule has 0 unspecified atom stereocenters. The standard InChI is InChI=1S/C19H28N6O/c1-13-14(10-20-23(13)2)11-25-9-8-17-16(12-25)18(22-24(17)3)19(26)21-15-6-4-5-7-15/h10,15H,4-9,11-12H2,1-3H3,(H,21,26). The molecule has 1 aliphatic heterocycles. The fourth-order valence-corrected chi connectivity index (χ4v) is 4.23. The molecule has 4 rings (SSSR count). The lowest BCUT2D eigenvalue weighted by Gasteiger charge is -2.27. The molecule has 0 bridgehead atoms. The van der Waals surface area contributed by atoms with Crippen LogP contribution in [0.4, 0.5) is 0 Å². The lowest BCUT2D eigenvalue weighted by Crippen LogP contribution is -2.35. The predicted molar refractivity (Wildman–Crippen MR) is 98.7 cm³/mol. The monoisotopic (exact) mass is 356 g/mol. The number of carbonyl (C=O) groups excluding carboxylic acids is 1. The molecule has 1 amide bonds. The number of fused-ring (bicyclic) bond motifs is 1. The summed E-state index contributed by atoms with van der Waals surface area (Å²) in [7, 11) is 3.92. The molecule has 26 heavy (non-hydrogen) atoms. The highest BCUT2D eigenvalue weighted by Crippen LogP contribution is 2.25. The van der Waals surface area contributed by atoms with Gasteiger partial charge in [0.05, 0.1) is 6.20 Å². The van der Waals surface area contributed by atoms with Crippen LogP contribution in [0.1, 0.15) is 58.7 Å². The second kappa shape index (κ2) is 6.87. The first-order valence-corrected chi connectivity index (χ1v) is 9.58. The Morgan fingerprint density at radius 2 is 2.04 bits per heavy atom. The summed E-state index contributed by atoms with van der Waals surface area (Å²) in [5.41, 5.74) is 5.34. The second-order valence-electron chi connectivity index (χ2n) is 7.69. The SMILES string of the molecule is Cc1c(CN2CCc3c(c(C(=O)NC4CCCC4)nn3C)C2)cnn1C. The number of aromatic nitrogens is 4. The maximum atomic E-state index is 12.8. The van der Waals surface area contributed by atoms with E-state index in [-0.39, 0.29) is 5.91 Å². The van der Waals surface area contributed by atoms with Crippen LogP contribution in [0, 0.1) is 6.92 Å². The van der Waals surface area contributed by atoms with Gasteiger partial charge in [0.2, 0.25) is 0 Å². The molecule has 7 nitrogen and oxygen atoms in total. The Balaban J connectivity index is 1.51. The third-order valence-corrected chi connectivity index (χ3v) is 5.96. The van der Waals surface area contributed by atoms with Crippen LogP contribution in [0.2, 0.25) is 0 Å². The molecular formula is C19H28N6O. The number of aryl methyl sites for hydroxylation is 2. The fourth-order valence-electron chi connectivity index (χ4n) is 4.23. The summed E-state index contributed by atoms with van der Waals surface area (Å²) in [6, 6.07) is 0.317. The van der Waals surface area contributed by atoms with Crippen molar-refractivity contribution >= 4 is 5.91 Å². The summed E-state index contributed by atoms with van der Waals surface area (Å²) in [6.45, 7) is 4.70. The molecule has 0 saturated heterocycles. The lowest BCUT2D eigenvalue weighted by molar-refractivity contribution is 0.0929. The van der Waals surface area contributed by atoms with Gasteiger partial charge in [-0.25, -0.2) is 0 Å². The van der Waals surface area contributed by atoms with Crippen molar-refractivity contribution in [3.05, 3.63) is 34.4 Å². The zero-order valence-electron chi connectivity index (χ0n) is 16.0. The van der Waals surface area contributed by atoms with E-state index in [4.69, 9.17) is 0 Å². The van der Waals surface area contributed by atoms with Gasteiger partial charge in [-0.1, -0.05) is 12.8 Å². The van der Waals surface area contributed by atoms with Gasteiger partial charge in [-0.05, 0) is 19.8 Å². The van der Waals surface area contributed by atoms with E-state index in [0.717, 1.165) is 44.5 Å². The largest absolute Gasteiger partial charge is 0.348 e. The van der Waals surface area contributed by atoms with Gasteiger partial charge in [0.15, 0.2) is 5.69 Å². The lowest BCUT2D eigenvalue weighted by atomic mass is 10.0. The van der Waals surface area contributed by atoms with E-state index in [9.17, 15) is 4.79 Å². The van der Waals surface area contributed by atoms with Crippen LogP contribution < -0.4 is 5.32 Å². The van der Waals surface area contributed by atoms with Gasteiger partial charge < -0.3 is 5.32 Å². The van der Waals surface area contributed by atoms with Crippen LogP contribution in [0.15, 0.2) is 6.20 Å². The maximum absolute atomic E-state index is 12.8. The Morgan fingerprint density at radius 3 is 2.73 bits per heavy atom. The van der Waals surface area contributed by atoms with Gasteiger partial charge in [-0.2, -0.15) is 10.2 Å². The van der Waals surface area contributed by atoms with Crippen LogP contribution in [0.3, 0.4) is 0 Å². The summed E-state index contributed by atoms with van der Waals surface area (Å²) >= 11 is 0. The first kappa shape index (κ1) is 17.3. The number of hydrogen-bond acceptors (Lipinski definition) is 4. The maximum Gasteiger partial charge on any atom is 0.272 e. The molecule has 0 aromatic carbocycles. The summed E-state index contributed by atoms with van der Waals surface area (Å²) in [4.78, 5) is 15.2. The van der Waals surface area contributed by atoms with Gasteiger partial charge in [0.25, 0.3) is 5.91 Å². The van der Waals surface area contributed by atoms with Crippen molar-refractivity contribution in [3.8, 4) is 0 Å². The van der Waals surface area contributed by atoms with Crippen LogP contribution in [0.5, 0.6) is 0 Å². The number of rotatable bonds is 4. The fraction of sp³-hybridized carbons (Fsp3) is 0.632. The molecular weight excluding hydrogens is 328 g/mol. The molecule has 1 aliphatic carbocycles. The molecule has 140 valence electrons. The predicted octanol–water partition coefficient (Wildman–Crippen LogP) is 1.69. The van der Waals surface area contributed by atoms with E-state index in [2.05, 4.69) is 27.3 Å². The Hall–Kier alpha value is -2.15. The number of hydrogen-bond donors (Lipinski definition) is 1. The number of nitrogens with zero attached hydrogens (tertiary/aromatic N) is 5. The van der Waals surface area contributed by atoms with E-state index in [1.54, 1.807) is 0 Å². The molecule has 2 aromatic heterocycles. The molecule has 0 radical (unpaired) electrons. The average Bonchev–Trinajstić information content (AvgIpc) is 3.32. The van der Waals surface area contributed by atoms with Crippen molar-refractivity contribution in [1.29, 1.82) is 0 Å². The van der Waals surface area contributed by atoms with Crippen molar-refractivity contribution < 1.29 is 4.79 Å². The molecule has 7 heteroatoms. The Morgan fingerprint density at radius 1 is 1.27 bits per heavy atom. The summed E-state index contributed by atoms with van der Waals surface area (Å²) in [6.07, 6.45) is 7.48. The molecule has 2 aromatic rings. The van der Waals surface area contributed by atoms with Crippen molar-refractivity contribution in [2.75, 3.05) is 6.54 Å². The van der Waals surface area contributed by atoms with Gasteiger partial charge in [0, 0.05) is 68.7 Å². The molecule has 1 fully saturated rings. The third-order valence-electron chi connectivity index (χ3n) is 5.96. The zero-order chi connectivity index (χ0) is 18.3. The Kier molecular flexibility index (Phi) is 4.56. The quantitative estimate of drug-likeness (QED) is 0.905. The summed E-state index contributed by atoms with van der Waals surface area (Å²) in [5, 5.41) is 12.1. The highest BCUT2D eigenvalue weighted by molar-refractivity contribution is 5.94. The minimum absolute atomic E-state index is 0.00633. The first-order valence-electron chi connectivity index (χ1n) is 9.58. The number of amides is 1. The van der Waals surface area contributed by atoms with Crippen LogP contribution >= 0.6 is 0 Å². The minimum Gasteiger partial charge on any atom is -0.348 e. The van der Waals surface area contributed by atoms with Crippen molar-refractivity contribution in [3.63, 3.8) is 0 Å². The normalized spacial score (nSPS) is 18.3. The second-order valence-corrected chi connectivity index (χ2v) is 7.69. The zero-order valence-corrected chi connectivity index (χ0v) is 16.0.